The van der Waals surface area contributed by atoms with E-state index in [-0.39, 0.29) is 29.8 Å². The lowest BCUT2D eigenvalue weighted by atomic mass is 10.1. The van der Waals surface area contributed by atoms with Crippen LogP contribution in [-0.2, 0) is 19.6 Å². The van der Waals surface area contributed by atoms with Gasteiger partial charge in [0, 0.05) is 36.5 Å². The molecule has 2 fully saturated rings. The summed E-state index contributed by atoms with van der Waals surface area (Å²) in [6.07, 6.45) is -0.0409. The van der Waals surface area contributed by atoms with Crippen LogP contribution in [0.3, 0.4) is 0 Å². The van der Waals surface area contributed by atoms with Gasteiger partial charge in [-0.25, -0.2) is 12.7 Å². The molecule has 1 N–H and O–H groups in total. The number of morpholine rings is 1. The third kappa shape index (κ3) is 4.41. The van der Waals surface area contributed by atoms with Crippen LogP contribution < -0.4 is 9.62 Å². The third-order valence-electron chi connectivity index (χ3n) is 5.24. The monoisotopic (exact) mass is 449 g/mol. The Morgan fingerprint density at radius 3 is 2.67 bits per heavy atom. The number of carbonyl (C=O) groups excluding carboxylic acids is 2. The summed E-state index contributed by atoms with van der Waals surface area (Å²) in [5, 5.41) is 4.98. The van der Waals surface area contributed by atoms with E-state index in [1.54, 1.807) is 23.5 Å². The lowest BCUT2D eigenvalue weighted by Gasteiger charge is -2.34. The lowest BCUT2D eigenvalue weighted by molar-refractivity contribution is -0.116. The first-order valence-corrected chi connectivity index (χ1v) is 12.2. The largest absolute Gasteiger partial charge is 0.379 e. The number of sulfonamides is 1. The molecule has 2 aliphatic rings. The van der Waals surface area contributed by atoms with Gasteiger partial charge in [-0.15, -0.1) is 11.3 Å². The zero-order valence-electron chi connectivity index (χ0n) is 16.3. The van der Waals surface area contributed by atoms with Crippen LogP contribution in [-0.4, -0.2) is 63.7 Å². The van der Waals surface area contributed by atoms with Crippen molar-refractivity contribution in [3.63, 3.8) is 0 Å². The van der Waals surface area contributed by atoms with Crippen molar-refractivity contribution in [2.45, 2.75) is 12.5 Å². The van der Waals surface area contributed by atoms with Gasteiger partial charge in [-0.05, 0) is 29.6 Å². The summed E-state index contributed by atoms with van der Waals surface area (Å²) in [4.78, 5) is 28.3. The van der Waals surface area contributed by atoms with Crippen LogP contribution in [0.25, 0.3) is 0 Å². The maximum absolute atomic E-state index is 12.8. The van der Waals surface area contributed by atoms with Crippen LogP contribution >= 0.6 is 11.3 Å². The predicted molar refractivity (Wildman–Crippen MR) is 114 cm³/mol. The molecule has 0 saturated carbocycles. The Balaban J connectivity index is 1.49. The number of anilines is 1. The number of nitrogens with zero attached hydrogens (tertiary/aromatic N) is 2. The number of rotatable bonds is 6. The standard InChI is InChI=1S/C20H23N3O5S2/c24-19-6-12-30(26,27)23(19)16-4-1-3-15(13-16)20(25)21-14-17(18-5-2-11-29-18)22-7-9-28-10-8-22/h1-5,11,13,17H,6-10,12,14H2,(H,21,25). The first-order chi connectivity index (χ1) is 14.5. The molecule has 1 aromatic carbocycles. The third-order valence-corrected chi connectivity index (χ3v) is 7.90. The Bertz CT molecular complexity index is 1020. The smallest absolute Gasteiger partial charge is 0.251 e. The number of ether oxygens (including phenoxy) is 1. The average Bonchev–Trinajstić information content (AvgIpc) is 3.37. The molecule has 0 radical (unpaired) electrons. The minimum absolute atomic E-state index is 0.0409. The zero-order valence-corrected chi connectivity index (χ0v) is 18.0. The van der Waals surface area contributed by atoms with Gasteiger partial charge in [0.25, 0.3) is 5.91 Å². The molecule has 0 spiro atoms. The molecule has 1 unspecified atom stereocenters. The van der Waals surface area contributed by atoms with Gasteiger partial charge in [0.1, 0.15) is 0 Å². The highest BCUT2D eigenvalue weighted by Crippen LogP contribution is 2.27. The molecule has 2 aromatic rings. The Morgan fingerprint density at radius 1 is 1.20 bits per heavy atom. The second-order valence-corrected chi connectivity index (χ2v) is 10.1. The predicted octanol–water partition coefficient (Wildman–Crippen LogP) is 1.62. The Labute approximate surface area is 179 Å². The summed E-state index contributed by atoms with van der Waals surface area (Å²) in [6, 6.07) is 10.3. The van der Waals surface area contributed by atoms with E-state index in [0.29, 0.717) is 25.3 Å². The van der Waals surface area contributed by atoms with Crippen molar-refractivity contribution in [2.24, 2.45) is 0 Å². The van der Waals surface area contributed by atoms with Crippen LogP contribution in [0.1, 0.15) is 27.7 Å². The second-order valence-electron chi connectivity index (χ2n) is 7.16. The van der Waals surface area contributed by atoms with Crippen molar-refractivity contribution >= 4 is 38.9 Å². The summed E-state index contributed by atoms with van der Waals surface area (Å²) >= 11 is 1.65. The zero-order chi connectivity index (χ0) is 21.1. The molecule has 2 saturated heterocycles. The van der Waals surface area contributed by atoms with Gasteiger partial charge in [-0.2, -0.15) is 0 Å². The Morgan fingerprint density at radius 2 is 2.00 bits per heavy atom. The van der Waals surface area contributed by atoms with Gasteiger partial charge >= 0.3 is 0 Å². The summed E-state index contributed by atoms with van der Waals surface area (Å²) < 4.78 is 30.6. The number of nitrogens with one attached hydrogen (secondary N) is 1. The van der Waals surface area contributed by atoms with Crippen molar-refractivity contribution in [1.82, 2.24) is 10.2 Å². The Hall–Kier alpha value is -2.27. The molecule has 8 nitrogen and oxygen atoms in total. The van der Waals surface area contributed by atoms with E-state index in [1.165, 1.54) is 17.0 Å². The van der Waals surface area contributed by atoms with E-state index >= 15 is 0 Å². The van der Waals surface area contributed by atoms with Gasteiger partial charge in [-0.1, -0.05) is 12.1 Å². The van der Waals surface area contributed by atoms with E-state index in [9.17, 15) is 18.0 Å². The van der Waals surface area contributed by atoms with E-state index in [1.807, 2.05) is 11.4 Å². The van der Waals surface area contributed by atoms with Gasteiger partial charge < -0.3 is 10.1 Å². The number of hydrogen-bond donors (Lipinski definition) is 1. The highest BCUT2D eigenvalue weighted by Gasteiger charge is 2.36. The molecule has 2 amide bonds. The molecular formula is C20H23N3O5S2. The maximum atomic E-state index is 12.8. The molecule has 10 heteroatoms. The fourth-order valence-electron chi connectivity index (χ4n) is 3.71. The summed E-state index contributed by atoms with van der Waals surface area (Å²) in [6.45, 7) is 3.34. The minimum atomic E-state index is -3.67. The van der Waals surface area contributed by atoms with E-state index < -0.39 is 15.9 Å². The first-order valence-electron chi connectivity index (χ1n) is 9.75. The molecule has 1 aromatic heterocycles. The second kappa shape index (κ2) is 8.84. The van der Waals surface area contributed by atoms with Gasteiger partial charge in [-0.3, -0.25) is 14.5 Å². The van der Waals surface area contributed by atoms with Gasteiger partial charge in [0.2, 0.25) is 15.9 Å². The Kier molecular flexibility index (Phi) is 6.19. The molecule has 2 aliphatic heterocycles. The van der Waals surface area contributed by atoms with E-state index in [2.05, 4.69) is 16.3 Å². The quantitative estimate of drug-likeness (QED) is 0.720. The SMILES string of the molecule is O=C(NCC(c1cccs1)N1CCOCC1)c1cccc(N2C(=O)CCS2(=O)=O)c1. The summed E-state index contributed by atoms with van der Waals surface area (Å²) in [7, 11) is -3.67. The van der Waals surface area contributed by atoms with Crippen molar-refractivity contribution in [2.75, 3.05) is 42.9 Å². The van der Waals surface area contributed by atoms with E-state index in [0.717, 1.165) is 17.4 Å². The summed E-state index contributed by atoms with van der Waals surface area (Å²) in [5.74, 6) is -0.988. The summed E-state index contributed by atoms with van der Waals surface area (Å²) in [5.41, 5.74) is 0.516. The molecule has 30 heavy (non-hydrogen) atoms. The fourth-order valence-corrected chi connectivity index (χ4v) is 6.03. The van der Waals surface area contributed by atoms with Crippen molar-refractivity contribution in [3.8, 4) is 0 Å². The van der Waals surface area contributed by atoms with E-state index in [4.69, 9.17) is 4.74 Å². The average molecular weight is 450 g/mol. The topological polar surface area (TPSA) is 96.0 Å². The normalized spacial score (nSPS) is 20.3. The number of thiophene rings is 1. The van der Waals surface area contributed by atoms with Crippen molar-refractivity contribution < 1.29 is 22.7 Å². The van der Waals surface area contributed by atoms with Crippen molar-refractivity contribution in [1.29, 1.82) is 0 Å². The molecule has 3 heterocycles. The van der Waals surface area contributed by atoms with Gasteiger partial charge in [0.15, 0.2) is 0 Å². The maximum Gasteiger partial charge on any atom is 0.251 e. The van der Waals surface area contributed by atoms with Crippen LogP contribution in [0.15, 0.2) is 41.8 Å². The molecule has 0 bridgehead atoms. The molecule has 1 atom stereocenters. The minimum Gasteiger partial charge on any atom is -0.379 e. The van der Waals surface area contributed by atoms with Crippen molar-refractivity contribution in [3.05, 3.63) is 52.2 Å². The number of amides is 2. The van der Waals surface area contributed by atoms with Crippen LogP contribution in [0.4, 0.5) is 5.69 Å². The van der Waals surface area contributed by atoms with Crippen LogP contribution in [0.2, 0.25) is 0 Å². The number of carbonyl (C=O) groups is 2. The number of benzene rings is 1. The molecular weight excluding hydrogens is 426 g/mol. The molecule has 4 rings (SSSR count). The first kappa shape index (κ1) is 21.0. The fraction of sp³-hybridized carbons (Fsp3) is 0.400. The highest BCUT2D eigenvalue weighted by molar-refractivity contribution is 7.94. The lowest BCUT2D eigenvalue weighted by Crippen LogP contribution is -2.43. The van der Waals surface area contributed by atoms with Crippen LogP contribution in [0, 0.1) is 0 Å². The van der Waals surface area contributed by atoms with Gasteiger partial charge in [0.05, 0.1) is 30.7 Å². The molecule has 0 aliphatic carbocycles. The number of hydrogen-bond acceptors (Lipinski definition) is 7. The highest BCUT2D eigenvalue weighted by atomic mass is 32.2. The van der Waals surface area contributed by atoms with Crippen LogP contribution in [0.5, 0.6) is 0 Å². The molecule has 160 valence electrons.